The van der Waals surface area contributed by atoms with Crippen molar-refractivity contribution in [2.45, 2.75) is 45.7 Å². The van der Waals surface area contributed by atoms with Gasteiger partial charge in [-0.25, -0.2) is 4.99 Å². The number of nitrogens with two attached hydrogens (primary N) is 1. The highest BCUT2D eigenvalue weighted by atomic mass is 15.1. The Morgan fingerprint density at radius 2 is 2.33 bits per heavy atom. The molecule has 2 atom stereocenters. The first kappa shape index (κ1) is 9.36. The van der Waals surface area contributed by atoms with E-state index in [0.717, 1.165) is 5.92 Å². The van der Waals surface area contributed by atoms with Crippen LogP contribution in [0.25, 0.3) is 0 Å². The number of nitrogens with zero attached hydrogens (tertiary/aromatic N) is 1. The third-order valence-corrected chi connectivity index (χ3v) is 2.15. The van der Waals surface area contributed by atoms with Crippen LogP contribution in [0.1, 0.15) is 33.6 Å². The summed E-state index contributed by atoms with van der Waals surface area (Å²) in [6.07, 6.45) is 2.44. The Morgan fingerprint density at radius 3 is 2.75 bits per heavy atom. The highest BCUT2D eigenvalue weighted by molar-refractivity contribution is 5.78. The standard InChI is InChI=1S/C9H19N3/c1-4-7-5-8(7)12-9(10)11-6(2)3/h6-8H,4-5H2,1-3H3,(H3,10,11,12)/t7-,8-/m1/s1. The second-order valence-electron chi connectivity index (χ2n) is 3.78. The van der Waals surface area contributed by atoms with E-state index in [1.165, 1.54) is 12.8 Å². The van der Waals surface area contributed by atoms with E-state index in [0.29, 0.717) is 18.0 Å². The Hall–Kier alpha value is -0.730. The zero-order chi connectivity index (χ0) is 9.14. The quantitative estimate of drug-likeness (QED) is 0.491. The smallest absolute Gasteiger partial charge is 0.189 e. The molecule has 0 heterocycles. The molecule has 1 aliphatic carbocycles. The van der Waals surface area contributed by atoms with Crippen molar-refractivity contribution in [1.29, 1.82) is 0 Å². The van der Waals surface area contributed by atoms with E-state index in [1.54, 1.807) is 0 Å². The highest BCUT2D eigenvalue weighted by Gasteiger charge is 2.35. The van der Waals surface area contributed by atoms with Crippen LogP contribution in [0.5, 0.6) is 0 Å². The first-order valence-corrected chi connectivity index (χ1v) is 4.73. The summed E-state index contributed by atoms with van der Waals surface area (Å²) in [5.74, 6) is 1.39. The molecule has 3 heteroatoms. The SMILES string of the molecule is CC[C@@H]1C[C@H]1N=C(N)NC(C)C. The summed E-state index contributed by atoms with van der Waals surface area (Å²) in [7, 11) is 0. The summed E-state index contributed by atoms with van der Waals surface area (Å²) in [5.41, 5.74) is 5.67. The molecular formula is C9H19N3. The summed E-state index contributed by atoms with van der Waals surface area (Å²) in [6, 6.07) is 0.883. The third-order valence-electron chi connectivity index (χ3n) is 2.15. The molecule has 0 aromatic rings. The Labute approximate surface area is 74.4 Å². The maximum atomic E-state index is 5.67. The Bertz CT molecular complexity index is 175. The molecule has 70 valence electrons. The number of guanidine groups is 1. The fourth-order valence-corrected chi connectivity index (χ4v) is 1.34. The lowest BCUT2D eigenvalue weighted by Gasteiger charge is -2.07. The first-order valence-electron chi connectivity index (χ1n) is 4.73. The Kier molecular flexibility index (Phi) is 2.95. The lowest BCUT2D eigenvalue weighted by atomic mass is 10.3. The minimum atomic E-state index is 0.382. The van der Waals surface area contributed by atoms with Gasteiger partial charge in [0.25, 0.3) is 0 Å². The van der Waals surface area contributed by atoms with E-state index in [2.05, 4.69) is 31.1 Å². The molecule has 3 N–H and O–H groups in total. The van der Waals surface area contributed by atoms with E-state index in [-0.39, 0.29) is 0 Å². The maximum Gasteiger partial charge on any atom is 0.189 e. The largest absolute Gasteiger partial charge is 0.370 e. The van der Waals surface area contributed by atoms with Crippen molar-refractivity contribution in [1.82, 2.24) is 5.32 Å². The summed E-state index contributed by atoms with van der Waals surface area (Å²) in [5, 5.41) is 3.09. The fraction of sp³-hybridized carbons (Fsp3) is 0.889. The number of rotatable bonds is 3. The minimum absolute atomic E-state index is 0.382. The van der Waals surface area contributed by atoms with Gasteiger partial charge in [-0.3, -0.25) is 0 Å². The van der Waals surface area contributed by atoms with Crippen molar-refractivity contribution in [3.05, 3.63) is 0 Å². The summed E-state index contributed by atoms with van der Waals surface area (Å²) in [4.78, 5) is 4.36. The van der Waals surface area contributed by atoms with Crippen LogP contribution in [0.2, 0.25) is 0 Å². The molecule has 0 spiro atoms. The van der Waals surface area contributed by atoms with Gasteiger partial charge >= 0.3 is 0 Å². The van der Waals surface area contributed by atoms with Crippen LogP contribution in [0.15, 0.2) is 4.99 Å². The van der Waals surface area contributed by atoms with Crippen molar-refractivity contribution in [3.63, 3.8) is 0 Å². The second-order valence-corrected chi connectivity index (χ2v) is 3.78. The van der Waals surface area contributed by atoms with Crippen molar-refractivity contribution in [3.8, 4) is 0 Å². The number of aliphatic imine (C=N–C) groups is 1. The average Bonchev–Trinajstić information content (AvgIpc) is 2.65. The number of hydrogen-bond donors (Lipinski definition) is 2. The lowest BCUT2D eigenvalue weighted by molar-refractivity contribution is 0.713. The predicted octanol–water partition coefficient (Wildman–Crippen LogP) is 1.10. The van der Waals surface area contributed by atoms with Crippen LogP contribution >= 0.6 is 0 Å². The van der Waals surface area contributed by atoms with Crippen molar-refractivity contribution in [2.75, 3.05) is 0 Å². The molecule has 1 saturated carbocycles. The van der Waals surface area contributed by atoms with Crippen LogP contribution in [0.4, 0.5) is 0 Å². The zero-order valence-electron chi connectivity index (χ0n) is 8.17. The van der Waals surface area contributed by atoms with Gasteiger partial charge < -0.3 is 11.1 Å². The maximum absolute atomic E-state index is 5.67. The Morgan fingerprint density at radius 1 is 1.67 bits per heavy atom. The van der Waals surface area contributed by atoms with E-state index in [1.807, 2.05) is 0 Å². The zero-order valence-corrected chi connectivity index (χ0v) is 8.17. The molecule has 1 fully saturated rings. The molecule has 0 aromatic heterocycles. The second kappa shape index (κ2) is 3.78. The minimum Gasteiger partial charge on any atom is -0.370 e. The summed E-state index contributed by atoms with van der Waals surface area (Å²) < 4.78 is 0. The molecule has 1 aliphatic rings. The van der Waals surface area contributed by atoms with Crippen molar-refractivity contribution < 1.29 is 0 Å². The summed E-state index contributed by atoms with van der Waals surface area (Å²) >= 11 is 0. The van der Waals surface area contributed by atoms with Gasteiger partial charge in [-0.05, 0) is 26.2 Å². The van der Waals surface area contributed by atoms with E-state index < -0.39 is 0 Å². The molecule has 12 heavy (non-hydrogen) atoms. The average molecular weight is 169 g/mol. The van der Waals surface area contributed by atoms with Crippen molar-refractivity contribution >= 4 is 5.96 Å². The summed E-state index contributed by atoms with van der Waals surface area (Å²) in [6.45, 7) is 6.32. The van der Waals surface area contributed by atoms with Gasteiger partial charge in [0.1, 0.15) is 0 Å². The molecular weight excluding hydrogens is 150 g/mol. The molecule has 0 radical (unpaired) electrons. The van der Waals surface area contributed by atoms with Crippen LogP contribution in [0.3, 0.4) is 0 Å². The molecule has 0 unspecified atom stereocenters. The van der Waals surface area contributed by atoms with Gasteiger partial charge in [0.2, 0.25) is 0 Å². The molecule has 0 aliphatic heterocycles. The topological polar surface area (TPSA) is 50.4 Å². The van der Waals surface area contributed by atoms with Gasteiger partial charge in [0.05, 0.1) is 6.04 Å². The van der Waals surface area contributed by atoms with Gasteiger partial charge in [-0.2, -0.15) is 0 Å². The predicted molar refractivity (Wildman–Crippen MR) is 52.1 cm³/mol. The van der Waals surface area contributed by atoms with E-state index >= 15 is 0 Å². The van der Waals surface area contributed by atoms with E-state index in [9.17, 15) is 0 Å². The van der Waals surface area contributed by atoms with Crippen molar-refractivity contribution in [2.24, 2.45) is 16.6 Å². The number of hydrogen-bond acceptors (Lipinski definition) is 1. The lowest BCUT2D eigenvalue weighted by Crippen LogP contribution is -2.37. The van der Waals surface area contributed by atoms with Crippen LogP contribution < -0.4 is 11.1 Å². The normalized spacial score (nSPS) is 29.2. The molecule has 0 aromatic carbocycles. The van der Waals surface area contributed by atoms with Crippen LogP contribution in [0, 0.1) is 5.92 Å². The molecule has 0 bridgehead atoms. The molecule has 3 nitrogen and oxygen atoms in total. The van der Waals surface area contributed by atoms with Crippen LogP contribution in [-0.2, 0) is 0 Å². The fourth-order valence-electron chi connectivity index (χ4n) is 1.34. The number of nitrogens with one attached hydrogen (secondary N) is 1. The van der Waals surface area contributed by atoms with Gasteiger partial charge in [-0.15, -0.1) is 0 Å². The molecule has 0 amide bonds. The molecule has 1 rings (SSSR count). The highest BCUT2D eigenvalue weighted by Crippen LogP contribution is 2.36. The third kappa shape index (κ3) is 2.72. The Balaban J connectivity index is 2.27. The monoisotopic (exact) mass is 169 g/mol. The van der Waals surface area contributed by atoms with E-state index in [4.69, 9.17) is 5.73 Å². The first-order chi connectivity index (χ1) is 5.63. The van der Waals surface area contributed by atoms with Crippen LogP contribution in [-0.4, -0.2) is 18.0 Å². The van der Waals surface area contributed by atoms with Gasteiger partial charge in [0.15, 0.2) is 5.96 Å². The van der Waals surface area contributed by atoms with Gasteiger partial charge in [0, 0.05) is 6.04 Å². The van der Waals surface area contributed by atoms with Gasteiger partial charge in [-0.1, -0.05) is 13.3 Å². The molecule has 0 saturated heterocycles.